The smallest absolute Gasteiger partial charge is 0.275 e. The van der Waals surface area contributed by atoms with Crippen LogP contribution in [0.2, 0.25) is 0 Å². The highest BCUT2D eigenvalue weighted by atomic mass is 32.2. The van der Waals surface area contributed by atoms with Crippen molar-refractivity contribution in [1.29, 1.82) is 0 Å². The second-order valence-corrected chi connectivity index (χ2v) is 7.16. The minimum atomic E-state index is -0.687. The third-order valence-electron chi connectivity index (χ3n) is 4.15. The Labute approximate surface area is 174 Å². The van der Waals surface area contributed by atoms with E-state index in [2.05, 4.69) is 20.9 Å². The van der Waals surface area contributed by atoms with Crippen molar-refractivity contribution in [2.24, 2.45) is 0 Å². The fourth-order valence-electron chi connectivity index (χ4n) is 2.84. The van der Waals surface area contributed by atoms with E-state index in [9.17, 15) is 18.8 Å². The van der Waals surface area contributed by atoms with Gasteiger partial charge in [0, 0.05) is 5.69 Å². The Morgan fingerprint density at radius 1 is 1.10 bits per heavy atom. The lowest BCUT2D eigenvalue weighted by molar-refractivity contribution is -0.122. The molecule has 3 aromatic rings. The normalized spacial score (nSPS) is 13.4. The molecule has 0 bridgehead atoms. The first kappa shape index (κ1) is 19.6. The summed E-state index contributed by atoms with van der Waals surface area (Å²) in [7, 11) is 0. The van der Waals surface area contributed by atoms with Crippen LogP contribution in [-0.2, 0) is 9.59 Å². The summed E-state index contributed by atoms with van der Waals surface area (Å²) in [6.45, 7) is -0.243. The number of amides is 4. The van der Waals surface area contributed by atoms with Crippen LogP contribution in [0.5, 0.6) is 0 Å². The number of nitrogens with one attached hydrogen (secondary N) is 2. The highest BCUT2D eigenvalue weighted by Crippen LogP contribution is 2.29. The zero-order valence-electron chi connectivity index (χ0n) is 15.4. The van der Waals surface area contributed by atoms with Crippen LogP contribution >= 0.6 is 11.8 Å². The number of para-hydroxylation sites is 1. The van der Waals surface area contributed by atoms with Crippen LogP contribution in [0.1, 0.15) is 0 Å². The van der Waals surface area contributed by atoms with Crippen molar-refractivity contribution >= 4 is 29.6 Å². The van der Waals surface area contributed by atoms with E-state index < -0.39 is 23.7 Å². The lowest BCUT2D eigenvalue weighted by Gasteiger charge is -2.14. The molecule has 2 N–H and O–H groups in total. The Balaban J connectivity index is 1.58. The summed E-state index contributed by atoms with van der Waals surface area (Å²) < 4.78 is 16.0. The van der Waals surface area contributed by atoms with Gasteiger partial charge in [-0.15, -0.1) is 10.2 Å². The highest BCUT2D eigenvalue weighted by Gasteiger charge is 2.28. The number of benzene rings is 2. The molecule has 1 aromatic heterocycles. The SMILES string of the molecule is O=C1CN(NC(=O)CSc2nnc(-c3ccccc3F)n2-c2ccccc2)C(=O)N1. The van der Waals surface area contributed by atoms with E-state index in [1.54, 1.807) is 22.8 Å². The molecule has 0 radical (unpaired) electrons. The third kappa shape index (κ3) is 4.01. The minimum absolute atomic E-state index is 0.0970. The molecule has 1 saturated heterocycles. The predicted octanol–water partition coefficient (Wildman–Crippen LogP) is 1.75. The maximum Gasteiger partial charge on any atom is 0.343 e. The lowest BCUT2D eigenvalue weighted by Crippen LogP contribution is -2.44. The molecule has 4 rings (SSSR count). The van der Waals surface area contributed by atoms with Gasteiger partial charge in [-0.1, -0.05) is 42.1 Å². The topological polar surface area (TPSA) is 109 Å². The second-order valence-electron chi connectivity index (χ2n) is 6.22. The Morgan fingerprint density at radius 3 is 2.53 bits per heavy atom. The molecule has 0 spiro atoms. The Bertz CT molecular complexity index is 1120. The zero-order chi connectivity index (χ0) is 21.1. The van der Waals surface area contributed by atoms with E-state index in [0.29, 0.717) is 16.7 Å². The number of thioether (sulfide) groups is 1. The number of urea groups is 1. The fraction of sp³-hybridized carbons (Fsp3) is 0.105. The van der Waals surface area contributed by atoms with Gasteiger partial charge >= 0.3 is 6.03 Å². The molecule has 0 atom stereocenters. The van der Waals surface area contributed by atoms with Gasteiger partial charge in [-0.3, -0.25) is 24.9 Å². The summed E-state index contributed by atoms with van der Waals surface area (Å²) in [5.74, 6) is -1.24. The number of aromatic nitrogens is 3. The molecule has 1 aliphatic heterocycles. The molecule has 9 nitrogen and oxygen atoms in total. The molecule has 11 heteroatoms. The number of halogens is 1. The summed E-state index contributed by atoms with van der Waals surface area (Å²) >= 11 is 1.07. The van der Waals surface area contributed by atoms with Gasteiger partial charge in [-0.25, -0.2) is 14.2 Å². The number of carbonyl (C=O) groups is 3. The molecule has 152 valence electrons. The van der Waals surface area contributed by atoms with Gasteiger partial charge in [-0.05, 0) is 24.3 Å². The van der Waals surface area contributed by atoms with Crippen LogP contribution in [0.4, 0.5) is 9.18 Å². The average Bonchev–Trinajstić information content (AvgIpc) is 3.30. The second kappa shape index (κ2) is 8.33. The summed E-state index contributed by atoms with van der Waals surface area (Å²) in [6.07, 6.45) is 0. The van der Waals surface area contributed by atoms with Gasteiger partial charge in [0.1, 0.15) is 12.4 Å². The number of hydrogen-bond acceptors (Lipinski definition) is 6. The summed E-state index contributed by atoms with van der Waals surface area (Å²) in [5, 5.41) is 11.6. The van der Waals surface area contributed by atoms with Gasteiger partial charge in [-0.2, -0.15) is 0 Å². The molecule has 1 fully saturated rings. The summed E-state index contributed by atoms with van der Waals surface area (Å²) in [5.41, 5.74) is 3.34. The van der Waals surface area contributed by atoms with E-state index in [4.69, 9.17) is 0 Å². The maximum atomic E-state index is 14.4. The first-order valence-corrected chi connectivity index (χ1v) is 9.81. The van der Waals surface area contributed by atoms with Crippen molar-refractivity contribution in [2.45, 2.75) is 5.16 Å². The average molecular weight is 426 g/mol. The highest BCUT2D eigenvalue weighted by molar-refractivity contribution is 7.99. The van der Waals surface area contributed by atoms with Crippen LogP contribution in [0.15, 0.2) is 59.8 Å². The Morgan fingerprint density at radius 2 is 1.83 bits per heavy atom. The lowest BCUT2D eigenvalue weighted by atomic mass is 10.2. The van der Waals surface area contributed by atoms with E-state index in [1.807, 2.05) is 30.3 Å². The molecule has 30 heavy (non-hydrogen) atoms. The van der Waals surface area contributed by atoms with Crippen molar-refractivity contribution in [3.63, 3.8) is 0 Å². The van der Waals surface area contributed by atoms with Crippen molar-refractivity contribution in [1.82, 2.24) is 30.5 Å². The van der Waals surface area contributed by atoms with Gasteiger partial charge in [0.25, 0.3) is 0 Å². The van der Waals surface area contributed by atoms with E-state index in [1.165, 1.54) is 6.07 Å². The van der Waals surface area contributed by atoms with E-state index >= 15 is 0 Å². The van der Waals surface area contributed by atoms with Crippen LogP contribution in [0, 0.1) is 5.82 Å². The quantitative estimate of drug-likeness (QED) is 0.459. The first-order valence-electron chi connectivity index (χ1n) is 8.82. The number of rotatable bonds is 6. The third-order valence-corrected chi connectivity index (χ3v) is 5.08. The van der Waals surface area contributed by atoms with Gasteiger partial charge in [0.05, 0.1) is 11.3 Å². The van der Waals surface area contributed by atoms with Gasteiger partial charge in [0.15, 0.2) is 11.0 Å². The largest absolute Gasteiger partial charge is 0.343 e. The minimum Gasteiger partial charge on any atom is -0.275 e. The number of hydrazine groups is 1. The monoisotopic (exact) mass is 426 g/mol. The molecule has 0 unspecified atom stereocenters. The van der Waals surface area contributed by atoms with Crippen molar-refractivity contribution in [3.05, 3.63) is 60.4 Å². The first-order chi connectivity index (χ1) is 14.5. The van der Waals surface area contributed by atoms with Crippen LogP contribution in [0.3, 0.4) is 0 Å². The van der Waals surface area contributed by atoms with Crippen molar-refractivity contribution in [2.75, 3.05) is 12.3 Å². The Hall–Kier alpha value is -3.73. The summed E-state index contributed by atoms with van der Waals surface area (Å²) in [4.78, 5) is 35.0. The molecule has 0 aliphatic carbocycles. The zero-order valence-corrected chi connectivity index (χ0v) is 16.2. The molecule has 2 heterocycles. The van der Waals surface area contributed by atoms with Crippen molar-refractivity contribution < 1.29 is 18.8 Å². The fourth-order valence-corrected chi connectivity index (χ4v) is 3.58. The molecule has 0 saturated carbocycles. The molecule has 1 aliphatic rings. The molecule has 4 amide bonds. The number of nitrogens with zero attached hydrogens (tertiary/aromatic N) is 4. The van der Waals surface area contributed by atoms with Gasteiger partial charge in [0.2, 0.25) is 11.8 Å². The standard InChI is InChI=1S/C19H15FN6O3S/c20-14-9-5-4-8-13(14)17-22-23-19(26(17)12-6-2-1-3-7-12)30-11-16(28)24-25-10-15(27)21-18(25)29/h1-9H,10-11H2,(H,24,28)(H,21,27,29). The maximum absolute atomic E-state index is 14.4. The summed E-state index contributed by atoms with van der Waals surface area (Å²) in [6, 6.07) is 14.7. The molecular formula is C19H15FN6O3S. The number of imide groups is 1. The van der Waals surface area contributed by atoms with Gasteiger partial charge < -0.3 is 0 Å². The van der Waals surface area contributed by atoms with E-state index in [0.717, 1.165) is 16.8 Å². The molecular weight excluding hydrogens is 411 g/mol. The molecule has 2 aromatic carbocycles. The van der Waals surface area contributed by atoms with Crippen molar-refractivity contribution in [3.8, 4) is 17.1 Å². The predicted molar refractivity (Wildman–Crippen MR) is 106 cm³/mol. The van der Waals surface area contributed by atoms with Crippen LogP contribution < -0.4 is 10.7 Å². The Kier molecular flexibility index (Phi) is 5.44. The number of hydrogen-bond donors (Lipinski definition) is 2. The number of carbonyl (C=O) groups excluding carboxylic acids is 3. The van der Waals surface area contributed by atoms with E-state index in [-0.39, 0.29) is 17.9 Å². The van der Waals surface area contributed by atoms with Crippen LogP contribution in [0.25, 0.3) is 17.1 Å². The van der Waals surface area contributed by atoms with Crippen LogP contribution in [-0.4, -0.2) is 49.9 Å².